The van der Waals surface area contributed by atoms with Crippen molar-refractivity contribution in [1.82, 2.24) is 10.2 Å². The molecule has 2 fully saturated rings. The van der Waals surface area contributed by atoms with E-state index in [9.17, 15) is 4.79 Å². The largest absolute Gasteiger partial charge is 0.336 e. The Balaban J connectivity index is 1.53. The summed E-state index contributed by atoms with van der Waals surface area (Å²) >= 11 is 1.75. The van der Waals surface area contributed by atoms with Crippen LogP contribution in [0.2, 0.25) is 0 Å². The van der Waals surface area contributed by atoms with Crippen LogP contribution in [0.1, 0.15) is 52.2 Å². The molecule has 1 N–H and O–H groups in total. The van der Waals surface area contributed by atoms with Crippen LogP contribution in [-0.4, -0.2) is 36.0 Å². The molecular weight excluding hydrogens is 268 g/mol. The normalized spacial score (nSPS) is 29.1. The van der Waals surface area contributed by atoms with Crippen LogP contribution in [0.15, 0.2) is 6.07 Å². The SMILES string of the molecule is O=C(c1cc2c(s1)CCCC2)N1CCC2CCC(C1)N2. The molecule has 2 bridgehead atoms. The minimum Gasteiger partial charge on any atom is -0.336 e. The number of nitrogens with zero attached hydrogens (tertiary/aromatic N) is 1. The number of rotatable bonds is 1. The van der Waals surface area contributed by atoms with Gasteiger partial charge in [-0.15, -0.1) is 11.3 Å². The quantitative estimate of drug-likeness (QED) is 0.862. The van der Waals surface area contributed by atoms with Gasteiger partial charge in [0.05, 0.1) is 4.88 Å². The molecule has 0 saturated carbocycles. The van der Waals surface area contributed by atoms with Crippen molar-refractivity contribution in [3.05, 3.63) is 21.4 Å². The standard InChI is InChI=1S/C16H22N2OS/c19-16(15-9-11-3-1-2-4-14(11)20-15)18-8-7-12-5-6-13(10-18)17-12/h9,12-13,17H,1-8,10H2. The lowest BCUT2D eigenvalue weighted by molar-refractivity contribution is 0.0753. The third kappa shape index (κ3) is 2.29. The fourth-order valence-electron chi connectivity index (χ4n) is 3.88. The van der Waals surface area contributed by atoms with Crippen LogP contribution < -0.4 is 5.32 Å². The number of fused-ring (bicyclic) bond motifs is 3. The molecule has 2 unspecified atom stereocenters. The van der Waals surface area contributed by atoms with E-state index in [4.69, 9.17) is 0 Å². The van der Waals surface area contributed by atoms with E-state index in [-0.39, 0.29) is 5.91 Å². The van der Waals surface area contributed by atoms with Crippen molar-refractivity contribution in [1.29, 1.82) is 0 Å². The number of likely N-dealkylation sites (tertiary alicyclic amines) is 1. The Morgan fingerprint density at radius 2 is 2.05 bits per heavy atom. The highest BCUT2D eigenvalue weighted by atomic mass is 32.1. The first-order valence-corrected chi connectivity index (χ1v) is 8.78. The van der Waals surface area contributed by atoms with Gasteiger partial charge in [0, 0.05) is 30.1 Å². The third-order valence-corrected chi connectivity index (χ3v) is 6.24. The summed E-state index contributed by atoms with van der Waals surface area (Å²) in [6.45, 7) is 1.83. The molecule has 0 spiro atoms. The van der Waals surface area contributed by atoms with Gasteiger partial charge in [-0.3, -0.25) is 4.79 Å². The highest BCUT2D eigenvalue weighted by molar-refractivity contribution is 7.14. The highest BCUT2D eigenvalue weighted by Crippen LogP contribution is 2.31. The van der Waals surface area contributed by atoms with E-state index in [0.717, 1.165) is 24.4 Å². The maximum atomic E-state index is 12.8. The first kappa shape index (κ1) is 12.8. The third-order valence-electron chi connectivity index (χ3n) is 5.02. The van der Waals surface area contributed by atoms with Crippen LogP contribution in [-0.2, 0) is 12.8 Å². The zero-order valence-electron chi connectivity index (χ0n) is 11.9. The van der Waals surface area contributed by atoms with Crippen molar-refractivity contribution < 1.29 is 4.79 Å². The zero-order chi connectivity index (χ0) is 13.5. The first-order chi connectivity index (χ1) is 9.79. The Labute approximate surface area is 124 Å². The summed E-state index contributed by atoms with van der Waals surface area (Å²) in [5.41, 5.74) is 1.44. The van der Waals surface area contributed by atoms with Gasteiger partial charge in [-0.05, 0) is 56.6 Å². The van der Waals surface area contributed by atoms with Crippen LogP contribution in [0.25, 0.3) is 0 Å². The van der Waals surface area contributed by atoms with E-state index in [1.165, 1.54) is 49.0 Å². The van der Waals surface area contributed by atoms with Crippen molar-refractivity contribution in [3.63, 3.8) is 0 Å². The number of thiophene rings is 1. The summed E-state index contributed by atoms with van der Waals surface area (Å²) in [5, 5.41) is 3.65. The average molecular weight is 290 g/mol. The number of carbonyl (C=O) groups is 1. The predicted molar refractivity (Wildman–Crippen MR) is 81.4 cm³/mol. The Morgan fingerprint density at radius 3 is 2.95 bits per heavy atom. The van der Waals surface area contributed by atoms with Crippen LogP contribution >= 0.6 is 11.3 Å². The lowest BCUT2D eigenvalue weighted by atomic mass is 9.99. The van der Waals surface area contributed by atoms with Crippen molar-refractivity contribution in [2.24, 2.45) is 0 Å². The second-order valence-electron chi connectivity index (χ2n) is 6.44. The number of hydrogen-bond acceptors (Lipinski definition) is 3. The van der Waals surface area contributed by atoms with Crippen molar-refractivity contribution >= 4 is 17.2 Å². The Hall–Kier alpha value is -0.870. The van der Waals surface area contributed by atoms with Gasteiger partial charge in [0.15, 0.2) is 0 Å². The highest BCUT2D eigenvalue weighted by Gasteiger charge is 2.32. The molecule has 2 atom stereocenters. The predicted octanol–water partition coefficient (Wildman–Crippen LogP) is 2.59. The molecule has 4 heteroatoms. The van der Waals surface area contributed by atoms with Gasteiger partial charge in [0.25, 0.3) is 5.91 Å². The summed E-state index contributed by atoms with van der Waals surface area (Å²) < 4.78 is 0. The molecule has 3 heterocycles. The number of amides is 1. The molecular formula is C16H22N2OS. The second kappa shape index (κ2) is 5.15. The van der Waals surface area contributed by atoms with Gasteiger partial charge in [0.2, 0.25) is 0 Å². The molecule has 0 radical (unpaired) electrons. The van der Waals surface area contributed by atoms with Crippen molar-refractivity contribution in [2.45, 2.75) is 57.0 Å². The number of carbonyl (C=O) groups excluding carboxylic acids is 1. The van der Waals surface area contributed by atoms with Crippen LogP contribution in [0.3, 0.4) is 0 Å². The second-order valence-corrected chi connectivity index (χ2v) is 7.58. The minimum absolute atomic E-state index is 0.277. The molecule has 1 aromatic heterocycles. The molecule has 2 aliphatic heterocycles. The summed E-state index contributed by atoms with van der Waals surface area (Å²) in [5.74, 6) is 0.277. The minimum atomic E-state index is 0.277. The van der Waals surface area contributed by atoms with Gasteiger partial charge < -0.3 is 10.2 Å². The Kier molecular flexibility index (Phi) is 3.31. The van der Waals surface area contributed by atoms with Crippen LogP contribution in [0.5, 0.6) is 0 Å². The molecule has 2 saturated heterocycles. The van der Waals surface area contributed by atoms with Crippen LogP contribution in [0, 0.1) is 0 Å². The van der Waals surface area contributed by atoms with Crippen molar-refractivity contribution in [2.75, 3.05) is 13.1 Å². The number of aryl methyl sites for hydroxylation is 2. The molecule has 1 aromatic rings. The molecule has 0 aromatic carbocycles. The van der Waals surface area contributed by atoms with Crippen molar-refractivity contribution in [3.8, 4) is 0 Å². The Bertz CT molecular complexity index is 501. The first-order valence-electron chi connectivity index (χ1n) is 7.96. The summed E-state index contributed by atoms with van der Waals surface area (Å²) in [6, 6.07) is 3.35. The average Bonchev–Trinajstić information content (AvgIpc) is 3.01. The monoisotopic (exact) mass is 290 g/mol. The maximum Gasteiger partial charge on any atom is 0.263 e. The molecule has 20 heavy (non-hydrogen) atoms. The molecule has 3 nitrogen and oxygen atoms in total. The summed E-state index contributed by atoms with van der Waals surface area (Å²) in [4.78, 5) is 17.3. The lowest BCUT2D eigenvalue weighted by Crippen LogP contribution is -2.38. The van der Waals surface area contributed by atoms with Gasteiger partial charge >= 0.3 is 0 Å². The van der Waals surface area contributed by atoms with E-state index in [2.05, 4.69) is 16.3 Å². The van der Waals surface area contributed by atoms with Gasteiger partial charge in [-0.25, -0.2) is 0 Å². The fraction of sp³-hybridized carbons (Fsp3) is 0.688. The molecule has 108 valence electrons. The number of nitrogens with one attached hydrogen (secondary N) is 1. The topological polar surface area (TPSA) is 32.3 Å². The van der Waals surface area contributed by atoms with Gasteiger partial charge in [-0.1, -0.05) is 0 Å². The summed E-state index contributed by atoms with van der Waals surface area (Å²) in [6.07, 6.45) is 8.57. The summed E-state index contributed by atoms with van der Waals surface area (Å²) in [7, 11) is 0. The Morgan fingerprint density at radius 1 is 1.20 bits per heavy atom. The van der Waals surface area contributed by atoms with Gasteiger partial charge in [0.1, 0.15) is 0 Å². The van der Waals surface area contributed by atoms with Crippen LogP contribution in [0.4, 0.5) is 0 Å². The molecule has 1 aliphatic carbocycles. The smallest absolute Gasteiger partial charge is 0.263 e. The fourth-order valence-corrected chi connectivity index (χ4v) is 5.10. The molecule has 3 aliphatic rings. The van der Waals surface area contributed by atoms with E-state index in [1.54, 1.807) is 11.3 Å². The van der Waals surface area contributed by atoms with E-state index in [0.29, 0.717) is 12.1 Å². The number of hydrogen-bond donors (Lipinski definition) is 1. The zero-order valence-corrected chi connectivity index (χ0v) is 12.7. The maximum absolute atomic E-state index is 12.8. The molecule has 1 amide bonds. The van der Waals surface area contributed by atoms with E-state index in [1.807, 2.05) is 0 Å². The van der Waals surface area contributed by atoms with E-state index >= 15 is 0 Å². The van der Waals surface area contributed by atoms with E-state index < -0.39 is 0 Å². The van der Waals surface area contributed by atoms with Gasteiger partial charge in [-0.2, -0.15) is 0 Å². The molecule has 4 rings (SSSR count). The lowest BCUT2D eigenvalue weighted by Gasteiger charge is -2.23.